The van der Waals surface area contributed by atoms with Crippen molar-refractivity contribution < 1.29 is 19.1 Å². The molecule has 2 N–H and O–H groups in total. The van der Waals surface area contributed by atoms with Crippen molar-refractivity contribution in [1.82, 2.24) is 20.1 Å². The number of aryl methyl sites for hydroxylation is 1. The number of hydrogen-bond donors (Lipinski definition) is 2. The first kappa shape index (κ1) is 28.5. The Kier molecular flexibility index (Phi) is 9.17. The first-order valence-electron chi connectivity index (χ1n) is 13.5. The van der Waals surface area contributed by atoms with Gasteiger partial charge in [0.1, 0.15) is 12.4 Å². The molecule has 0 bridgehead atoms. The van der Waals surface area contributed by atoms with E-state index in [1.807, 2.05) is 42.8 Å². The molecule has 0 fully saturated rings. The van der Waals surface area contributed by atoms with Crippen LogP contribution in [0.5, 0.6) is 5.75 Å². The quantitative estimate of drug-likeness (QED) is 0.492. The third kappa shape index (κ3) is 6.74. The van der Waals surface area contributed by atoms with Gasteiger partial charge in [-0.15, -0.1) is 0 Å². The van der Waals surface area contributed by atoms with Gasteiger partial charge in [0.25, 0.3) is 11.8 Å². The standard InChI is InChI=1S/C30H37ClN4O4/c1-19(2)15-22-18-39-26-12-11-21(31)16-24(26)29(37)32-13-7-8-14-35(17-27(36)33-22)30(38)28-20(3)34(4)25-10-6-5-9-23(25)28/h5-6,9-12,16,19,22H,7-8,13-15,17-18H2,1-4H3,(H,32,37)(H,33,36)/t22-/m0/s1. The Balaban J connectivity index is 1.61. The molecule has 0 spiro atoms. The molecule has 3 amide bonds. The highest BCUT2D eigenvalue weighted by Gasteiger charge is 2.26. The predicted molar refractivity (Wildman–Crippen MR) is 153 cm³/mol. The van der Waals surface area contributed by atoms with E-state index < -0.39 is 0 Å². The minimum Gasteiger partial charge on any atom is -0.491 e. The molecular formula is C30H37ClN4O4. The first-order valence-corrected chi connectivity index (χ1v) is 13.9. The van der Waals surface area contributed by atoms with Crippen molar-refractivity contribution >= 4 is 40.2 Å². The lowest BCUT2D eigenvalue weighted by Crippen LogP contribution is -2.46. The van der Waals surface area contributed by atoms with Crippen LogP contribution in [-0.2, 0) is 11.8 Å². The number of hydrogen-bond acceptors (Lipinski definition) is 4. The first-order chi connectivity index (χ1) is 18.7. The van der Waals surface area contributed by atoms with Gasteiger partial charge in [-0.05, 0) is 56.4 Å². The van der Waals surface area contributed by atoms with Crippen LogP contribution in [0.2, 0.25) is 5.02 Å². The molecule has 208 valence electrons. The second-order valence-electron chi connectivity index (χ2n) is 10.6. The summed E-state index contributed by atoms with van der Waals surface area (Å²) < 4.78 is 8.05. The van der Waals surface area contributed by atoms with Crippen LogP contribution in [0.15, 0.2) is 42.5 Å². The van der Waals surface area contributed by atoms with Crippen LogP contribution in [0.1, 0.15) is 59.5 Å². The average molecular weight is 553 g/mol. The van der Waals surface area contributed by atoms with E-state index in [2.05, 4.69) is 24.5 Å². The molecule has 2 heterocycles. The van der Waals surface area contributed by atoms with Crippen LogP contribution in [0.4, 0.5) is 0 Å². The number of rotatable bonds is 3. The monoisotopic (exact) mass is 552 g/mol. The molecule has 1 aromatic heterocycles. The summed E-state index contributed by atoms with van der Waals surface area (Å²) in [6, 6.07) is 12.4. The molecular weight excluding hydrogens is 516 g/mol. The summed E-state index contributed by atoms with van der Waals surface area (Å²) >= 11 is 6.17. The lowest BCUT2D eigenvalue weighted by atomic mass is 10.0. The van der Waals surface area contributed by atoms with Crippen molar-refractivity contribution in [2.24, 2.45) is 13.0 Å². The maximum atomic E-state index is 13.9. The summed E-state index contributed by atoms with van der Waals surface area (Å²) in [5.41, 5.74) is 2.79. The zero-order valence-corrected chi connectivity index (χ0v) is 23.8. The summed E-state index contributed by atoms with van der Waals surface area (Å²) in [6.07, 6.45) is 1.94. The second-order valence-corrected chi connectivity index (χ2v) is 11.0. The number of nitrogens with zero attached hydrogens (tertiary/aromatic N) is 2. The predicted octanol–water partition coefficient (Wildman–Crippen LogP) is 4.72. The summed E-state index contributed by atoms with van der Waals surface area (Å²) in [5, 5.41) is 7.32. The van der Waals surface area contributed by atoms with E-state index in [0.717, 1.165) is 16.6 Å². The van der Waals surface area contributed by atoms with E-state index in [-0.39, 0.29) is 36.9 Å². The third-order valence-electron chi connectivity index (χ3n) is 7.12. The van der Waals surface area contributed by atoms with Crippen molar-refractivity contribution in [2.75, 3.05) is 26.2 Å². The van der Waals surface area contributed by atoms with Gasteiger partial charge in [-0.3, -0.25) is 14.4 Å². The minimum absolute atomic E-state index is 0.0609. The Morgan fingerprint density at radius 2 is 1.92 bits per heavy atom. The van der Waals surface area contributed by atoms with Crippen molar-refractivity contribution in [2.45, 2.75) is 46.1 Å². The molecule has 0 aliphatic carbocycles. The number of carbonyl (C=O) groups excluding carboxylic acids is 3. The average Bonchev–Trinajstić information content (AvgIpc) is 3.15. The van der Waals surface area contributed by atoms with E-state index in [0.29, 0.717) is 60.2 Å². The normalized spacial score (nSPS) is 17.6. The van der Waals surface area contributed by atoms with Crippen molar-refractivity contribution in [3.63, 3.8) is 0 Å². The number of ether oxygens (including phenoxy) is 1. The largest absolute Gasteiger partial charge is 0.491 e. The van der Waals surface area contributed by atoms with Gasteiger partial charge in [0.05, 0.1) is 23.7 Å². The highest BCUT2D eigenvalue weighted by molar-refractivity contribution is 6.31. The third-order valence-corrected chi connectivity index (χ3v) is 7.36. The maximum Gasteiger partial charge on any atom is 0.256 e. The van der Waals surface area contributed by atoms with Crippen LogP contribution in [-0.4, -0.2) is 59.5 Å². The van der Waals surface area contributed by atoms with Crippen molar-refractivity contribution in [3.05, 3.63) is 64.3 Å². The minimum atomic E-state index is -0.300. The molecule has 1 aliphatic heterocycles. The van der Waals surface area contributed by atoms with Gasteiger partial charge < -0.3 is 24.8 Å². The van der Waals surface area contributed by atoms with Gasteiger partial charge in [-0.25, -0.2) is 0 Å². The topological polar surface area (TPSA) is 92.7 Å². The summed E-state index contributed by atoms with van der Waals surface area (Å²) in [7, 11) is 1.94. The zero-order valence-electron chi connectivity index (χ0n) is 23.1. The molecule has 0 radical (unpaired) electrons. The van der Waals surface area contributed by atoms with Gasteiger partial charge >= 0.3 is 0 Å². The Hall–Kier alpha value is -3.52. The fraction of sp³-hybridized carbons (Fsp3) is 0.433. The van der Waals surface area contributed by atoms with Gasteiger partial charge in [0, 0.05) is 41.8 Å². The highest BCUT2D eigenvalue weighted by atomic mass is 35.5. The van der Waals surface area contributed by atoms with Crippen LogP contribution in [0.25, 0.3) is 10.9 Å². The fourth-order valence-corrected chi connectivity index (χ4v) is 5.28. The number of nitrogens with one attached hydrogen (secondary N) is 2. The number of amides is 3. The summed E-state index contributed by atoms with van der Waals surface area (Å²) in [4.78, 5) is 41.8. The summed E-state index contributed by atoms with van der Waals surface area (Å²) in [6.45, 7) is 7.00. The Labute approximate surface area is 234 Å². The van der Waals surface area contributed by atoms with Crippen molar-refractivity contribution in [3.8, 4) is 5.75 Å². The molecule has 2 aromatic carbocycles. The lowest BCUT2D eigenvalue weighted by Gasteiger charge is -2.25. The molecule has 0 saturated heterocycles. The van der Waals surface area contributed by atoms with Crippen molar-refractivity contribution in [1.29, 1.82) is 0 Å². The maximum absolute atomic E-state index is 13.9. The van der Waals surface area contributed by atoms with E-state index in [4.69, 9.17) is 16.3 Å². The van der Waals surface area contributed by atoms with Crippen LogP contribution in [0.3, 0.4) is 0 Å². The van der Waals surface area contributed by atoms with Gasteiger partial charge in [-0.2, -0.15) is 0 Å². The van der Waals surface area contributed by atoms with Gasteiger partial charge in [-0.1, -0.05) is 43.6 Å². The zero-order chi connectivity index (χ0) is 28.1. The number of benzene rings is 2. The van der Waals surface area contributed by atoms with Crippen LogP contribution >= 0.6 is 11.6 Å². The Morgan fingerprint density at radius 3 is 2.69 bits per heavy atom. The number of fused-ring (bicyclic) bond motifs is 2. The van der Waals surface area contributed by atoms with E-state index in [9.17, 15) is 14.4 Å². The molecule has 8 nitrogen and oxygen atoms in total. The molecule has 4 rings (SSSR count). The smallest absolute Gasteiger partial charge is 0.256 e. The number of halogens is 1. The summed E-state index contributed by atoms with van der Waals surface area (Å²) in [5.74, 6) is 0.0246. The number of aromatic nitrogens is 1. The molecule has 1 aliphatic rings. The van der Waals surface area contributed by atoms with Gasteiger partial charge in [0.15, 0.2) is 0 Å². The SMILES string of the molecule is Cc1c(C(=O)N2CCCCNC(=O)c3cc(Cl)ccc3OC[C@H](CC(C)C)NC(=O)C2)c2ccccc2n1C. The van der Waals surface area contributed by atoms with E-state index >= 15 is 0 Å². The fourth-order valence-electron chi connectivity index (χ4n) is 5.11. The second kappa shape index (κ2) is 12.6. The number of carbonyl (C=O) groups is 3. The Morgan fingerprint density at radius 1 is 1.15 bits per heavy atom. The lowest BCUT2D eigenvalue weighted by molar-refractivity contribution is -0.122. The van der Waals surface area contributed by atoms with Crippen LogP contribution < -0.4 is 15.4 Å². The van der Waals surface area contributed by atoms with Crippen LogP contribution in [0, 0.1) is 12.8 Å². The molecule has 39 heavy (non-hydrogen) atoms. The molecule has 3 aromatic rings. The Bertz CT molecular complexity index is 1370. The molecule has 9 heteroatoms. The van der Waals surface area contributed by atoms with E-state index in [1.54, 1.807) is 23.1 Å². The van der Waals surface area contributed by atoms with E-state index in [1.165, 1.54) is 0 Å². The molecule has 0 unspecified atom stereocenters. The highest BCUT2D eigenvalue weighted by Crippen LogP contribution is 2.27. The molecule has 1 atom stereocenters. The van der Waals surface area contributed by atoms with Gasteiger partial charge in [0.2, 0.25) is 5.91 Å². The number of para-hydroxylation sites is 1. The molecule has 0 saturated carbocycles.